The molecule has 1 amide bonds. The lowest BCUT2D eigenvalue weighted by molar-refractivity contribution is -0.151. The van der Waals surface area contributed by atoms with Gasteiger partial charge in [0.2, 0.25) is 0 Å². The third-order valence-corrected chi connectivity index (χ3v) is 4.16. The average molecular weight is 289 g/mol. The fraction of sp³-hybridized carbons (Fsp3) is 0.529. The molecule has 0 aromatic heterocycles. The molecule has 0 aliphatic heterocycles. The Hall–Kier alpha value is -1.84. The maximum absolute atomic E-state index is 12.3. The van der Waals surface area contributed by atoms with Gasteiger partial charge in [0.05, 0.1) is 5.41 Å². The van der Waals surface area contributed by atoms with E-state index in [0.717, 1.165) is 24.8 Å². The van der Waals surface area contributed by atoms with Crippen LogP contribution in [0.3, 0.4) is 0 Å². The third-order valence-electron chi connectivity index (χ3n) is 4.16. The van der Waals surface area contributed by atoms with Crippen LogP contribution >= 0.6 is 0 Å². The van der Waals surface area contributed by atoms with Crippen molar-refractivity contribution in [2.75, 3.05) is 6.61 Å². The summed E-state index contributed by atoms with van der Waals surface area (Å²) >= 11 is 0. The van der Waals surface area contributed by atoms with Crippen LogP contribution in [0.1, 0.15) is 45.6 Å². The molecule has 4 nitrogen and oxygen atoms in total. The molecule has 1 fully saturated rings. The van der Waals surface area contributed by atoms with Crippen LogP contribution in [0.5, 0.6) is 0 Å². The van der Waals surface area contributed by atoms with Crippen LogP contribution < -0.4 is 5.32 Å². The summed E-state index contributed by atoms with van der Waals surface area (Å²) in [4.78, 5) is 24.1. The van der Waals surface area contributed by atoms with Crippen molar-refractivity contribution < 1.29 is 14.3 Å². The highest BCUT2D eigenvalue weighted by Gasteiger charge is 2.52. The molecule has 1 aliphatic rings. The molecule has 0 heterocycles. The van der Waals surface area contributed by atoms with E-state index in [2.05, 4.69) is 5.32 Å². The summed E-state index contributed by atoms with van der Waals surface area (Å²) in [6.07, 6.45) is 2.40. The van der Waals surface area contributed by atoms with E-state index in [-0.39, 0.29) is 24.0 Å². The summed E-state index contributed by atoms with van der Waals surface area (Å²) < 4.78 is 5.22. The van der Waals surface area contributed by atoms with Crippen molar-refractivity contribution in [3.05, 3.63) is 35.9 Å². The summed E-state index contributed by atoms with van der Waals surface area (Å²) in [7, 11) is 0. The minimum atomic E-state index is -0.526. The first-order chi connectivity index (χ1) is 9.89. The van der Waals surface area contributed by atoms with Crippen molar-refractivity contribution in [3.8, 4) is 0 Å². The highest BCUT2D eigenvalue weighted by atomic mass is 16.5. The first-order valence-corrected chi connectivity index (χ1v) is 7.43. The van der Waals surface area contributed by atoms with Gasteiger partial charge in [0.15, 0.2) is 6.61 Å². The number of rotatable bonds is 6. The molecule has 4 heteroatoms. The topological polar surface area (TPSA) is 55.4 Å². The van der Waals surface area contributed by atoms with Crippen LogP contribution in [0, 0.1) is 0 Å². The minimum absolute atomic E-state index is 0.211. The molecule has 0 unspecified atom stereocenters. The third kappa shape index (κ3) is 3.63. The van der Waals surface area contributed by atoms with Gasteiger partial charge in [-0.25, -0.2) is 0 Å². The summed E-state index contributed by atoms with van der Waals surface area (Å²) in [5, 5.41) is 2.86. The standard InChI is InChI=1S/C17H23NO3/c1-4-16(2,3)18-14(19)12-21-15(20)17(10-11-17)13-8-6-5-7-9-13/h5-9H,4,10-12H2,1-3H3,(H,18,19). The molecule has 1 aromatic carbocycles. The van der Waals surface area contributed by atoms with Crippen molar-refractivity contribution in [3.63, 3.8) is 0 Å². The maximum Gasteiger partial charge on any atom is 0.317 e. The Morgan fingerprint density at radius 3 is 2.38 bits per heavy atom. The number of amides is 1. The van der Waals surface area contributed by atoms with E-state index in [0.29, 0.717) is 0 Å². The van der Waals surface area contributed by atoms with E-state index < -0.39 is 5.41 Å². The minimum Gasteiger partial charge on any atom is -0.455 e. The first kappa shape index (κ1) is 15.5. The van der Waals surface area contributed by atoms with Crippen LogP contribution in [-0.4, -0.2) is 24.0 Å². The van der Waals surface area contributed by atoms with Crippen LogP contribution in [0.15, 0.2) is 30.3 Å². The van der Waals surface area contributed by atoms with Gasteiger partial charge in [-0.15, -0.1) is 0 Å². The molecule has 0 spiro atoms. The average Bonchev–Trinajstić information content (AvgIpc) is 3.27. The molecular weight excluding hydrogens is 266 g/mol. The van der Waals surface area contributed by atoms with Crippen molar-refractivity contribution >= 4 is 11.9 Å². The Kier molecular flexibility index (Phi) is 4.35. The van der Waals surface area contributed by atoms with E-state index in [1.54, 1.807) is 0 Å². The predicted molar refractivity (Wildman–Crippen MR) is 80.8 cm³/mol. The zero-order valence-electron chi connectivity index (χ0n) is 12.9. The van der Waals surface area contributed by atoms with E-state index >= 15 is 0 Å². The molecular formula is C17H23NO3. The van der Waals surface area contributed by atoms with Crippen molar-refractivity contribution in [1.29, 1.82) is 0 Å². The van der Waals surface area contributed by atoms with Crippen molar-refractivity contribution in [2.45, 2.75) is 51.0 Å². The van der Waals surface area contributed by atoms with Gasteiger partial charge < -0.3 is 10.1 Å². The molecule has 0 atom stereocenters. The Labute approximate surface area is 125 Å². The van der Waals surface area contributed by atoms with Gasteiger partial charge in [-0.3, -0.25) is 9.59 Å². The van der Waals surface area contributed by atoms with E-state index in [9.17, 15) is 9.59 Å². The fourth-order valence-electron chi connectivity index (χ4n) is 2.26. The quantitative estimate of drug-likeness (QED) is 0.819. The lowest BCUT2D eigenvalue weighted by Gasteiger charge is -2.24. The SMILES string of the molecule is CCC(C)(C)NC(=O)COC(=O)C1(c2ccccc2)CC1. The molecule has 1 N–H and O–H groups in total. The zero-order valence-corrected chi connectivity index (χ0v) is 12.9. The second kappa shape index (κ2) is 5.88. The van der Waals surface area contributed by atoms with Crippen LogP contribution in [0.4, 0.5) is 0 Å². The van der Waals surface area contributed by atoms with Crippen LogP contribution in [-0.2, 0) is 19.7 Å². The van der Waals surface area contributed by atoms with Gasteiger partial charge in [-0.1, -0.05) is 37.3 Å². The highest BCUT2D eigenvalue weighted by Crippen LogP contribution is 2.49. The van der Waals surface area contributed by atoms with Gasteiger partial charge in [0.1, 0.15) is 0 Å². The second-order valence-corrected chi connectivity index (χ2v) is 6.31. The summed E-state index contributed by atoms with van der Waals surface area (Å²) in [6, 6.07) is 9.63. The Bertz CT molecular complexity index is 518. The number of benzene rings is 1. The number of hydrogen-bond acceptors (Lipinski definition) is 3. The number of esters is 1. The number of ether oxygens (including phenoxy) is 1. The highest BCUT2D eigenvalue weighted by molar-refractivity contribution is 5.89. The number of hydrogen-bond donors (Lipinski definition) is 1. The van der Waals surface area contributed by atoms with Gasteiger partial charge in [-0.2, -0.15) is 0 Å². The number of nitrogens with one attached hydrogen (secondary N) is 1. The smallest absolute Gasteiger partial charge is 0.317 e. The first-order valence-electron chi connectivity index (χ1n) is 7.43. The summed E-state index contributed by atoms with van der Waals surface area (Å²) in [5.74, 6) is -0.544. The lowest BCUT2D eigenvalue weighted by Crippen LogP contribution is -2.45. The van der Waals surface area contributed by atoms with E-state index in [1.807, 2.05) is 51.1 Å². The summed E-state index contributed by atoms with van der Waals surface area (Å²) in [6.45, 7) is 5.68. The van der Waals surface area contributed by atoms with Gasteiger partial charge in [-0.05, 0) is 38.7 Å². The van der Waals surface area contributed by atoms with Crippen molar-refractivity contribution in [2.24, 2.45) is 0 Å². The van der Waals surface area contributed by atoms with Gasteiger partial charge in [0, 0.05) is 5.54 Å². The molecule has 2 rings (SSSR count). The Morgan fingerprint density at radius 2 is 1.86 bits per heavy atom. The summed E-state index contributed by atoms with van der Waals surface area (Å²) in [5.41, 5.74) is 0.173. The lowest BCUT2D eigenvalue weighted by atomic mass is 9.96. The van der Waals surface area contributed by atoms with Gasteiger partial charge >= 0.3 is 5.97 Å². The van der Waals surface area contributed by atoms with E-state index in [4.69, 9.17) is 4.74 Å². The monoisotopic (exact) mass is 289 g/mol. The molecule has 1 aliphatic carbocycles. The second-order valence-electron chi connectivity index (χ2n) is 6.31. The molecule has 1 aromatic rings. The van der Waals surface area contributed by atoms with Crippen LogP contribution in [0.25, 0.3) is 0 Å². The Morgan fingerprint density at radius 1 is 1.24 bits per heavy atom. The van der Waals surface area contributed by atoms with Crippen LogP contribution in [0.2, 0.25) is 0 Å². The number of carbonyl (C=O) groups excluding carboxylic acids is 2. The number of carbonyl (C=O) groups is 2. The van der Waals surface area contributed by atoms with E-state index in [1.165, 1.54) is 0 Å². The Balaban J connectivity index is 1.90. The molecule has 1 saturated carbocycles. The molecule has 0 radical (unpaired) electrons. The maximum atomic E-state index is 12.3. The van der Waals surface area contributed by atoms with Crippen molar-refractivity contribution in [1.82, 2.24) is 5.32 Å². The molecule has 21 heavy (non-hydrogen) atoms. The fourth-order valence-corrected chi connectivity index (χ4v) is 2.26. The normalized spacial score (nSPS) is 16.1. The zero-order chi connectivity index (χ0) is 15.5. The molecule has 0 bridgehead atoms. The molecule has 114 valence electrons. The molecule has 0 saturated heterocycles. The largest absolute Gasteiger partial charge is 0.455 e. The predicted octanol–water partition coefficient (Wildman–Crippen LogP) is 2.57. The van der Waals surface area contributed by atoms with Gasteiger partial charge in [0.25, 0.3) is 5.91 Å².